The van der Waals surface area contributed by atoms with Crippen molar-refractivity contribution >= 4 is 33.1 Å². The number of hydrogen-bond acceptors (Lipinski definition) is 6. The van der Waals surface area contributed by atoms with Crippen LogP contribution in [0.2, 0.25) is 0 Å². The molecule has 3 aromatic rings. The predicted octanol–water partition coefficient (Wildman–Crippen LogP) is 4.09. The summed E-state index contributed by atoms with van der Waals surface area (Å²) in [6, 6.07) is 12.0. The summed E-state index contributed by atoms with van der Waals surface area (Å²) >= 11 is 1.65. The molecule has 1 N–H and O–H groups in total. The third-order valence-electron chi connectivity index (χ3n) is 5.36. The second-order valence-electron chi connectivity index (χ2n) is 7.51. The molecule has 0 radical (unpaired) electrons. The summed E-state index contributed by atoms with van der Waals surface area (Å²) in [5.74, 6) is 1.64. The van der Waals surface area contributed by atoms with Crippen LogP contribution in [0.4, 0.5) is 5.69 Å². The van der Waals surface area contributed by atoms with Gasteiger partial charge in [0, 0.05) is 36.4 Å². The number of carbonyl (C=O) groups is 1. The van der Waals surface area contributed by atoms with Gasteiger partial charge in [-0.05, 0) is 50.1 Å². The zero-order valence-electron chi connectivity index (χ0n) is 16.3. The number of amides is 1. The summed E-state index contributed by atoms with van der Waals surface area (Å²) in [6.07, 6.45) is 2.01. The number of benzene rings is 2. The van der Waals surface area contributed by atoms with Crippen LogP contribution in [0, 0.1) is 6.92 Å². The highest BCUT2D eigenvalue weighted by Crippen LogP contribution is 2.33. The van der Waals surface area contributed by atoms with E-state index in [9.17, 15) is 4.79 Å². The standard InChI is InChI=1S/C22H23N3O3S/c1-14-23-18-11-15(4-7-21(18)29-14)22(26)25-8-2-3-17(13-25)24-16-5-6-19-20(12-16)28-10-9-27-19/h4-7,11-12,17,24H,2-3,8-10,13H2,1H3/t17-/m0/s1. The molecule has 5 rings (SSSR count). The molecule has 150 valence electrons. The van der Waals surface area contributed by atoms with E-state index in [1.165, 1.54) is 0 Å². The maximum absolute atomic E-state index is 13.1. The summed E-state index contributed by atoms with van der Waals surface area (Å²) in [4.78, 5) is 19.5. The van der Waals surface area contributed by atoms with Crippen molar-refractivity contribution in [3.05, 3.63) is 47.0 Å². The van der Waals surface area contributed by atoms with Gasteiger partial charge in [-0.1, -0.05) is 0 Å². The maximum Gasteiger partial charge on any atom is 0.254 e. The number of rotatable bonds is 3. The molecule has 6 nitrogen and oxygen atoms in total. The summed E-state index contributed by atoms with van der Waals surface area (Å²) in [6.45, 7) is 4.62. The van der Waals surface area contributed by atoms with E-state index in [4.69, 9.17) is 9.47 Å². The first-order valence-electron chi connectivity index (χ1n) is 9.98. The van der Waals surface area contributed by atoms with Crippen molar-refractivity contribution in [3.63, 3.8) is 0 Å². The average Bonchev–Trinajstić information content (AvgIpc) is 3.12. The molecular weight excluding hydrogens is 386 g/mol. The van der Waals surface area contributed by atoms with Crippen molar-refractivity contribution in [2.24, 2.45) is 0 Å². The largest absolute Gasteiger partial charge is 0.486 e. The number of aromatic nitrogens is 1. The van der Waals surface area contributed by atoms with E-state index < -0.39 is 0 Å². The van der Waals surface area contributed by atoms with Gasteiger partial charge in [-0.2, -0.15) is 0 Å². The fourth-order valence-corrected chi connectivity index (χ4v) is 4.81. The molecule has 7 heteroatoms. The number of aryl methyl sites for hydroxylation is 1. The second kappa shape index (κ2) is 7.55. The monoisotopic (exact) mass is 409 g/mol. The Morgan fingerprint density at radius 1 is 1.17 bits per heavy atom. The van der Waals surface area contributed by atoms with E-state index in [1.54, 1.807) is 11.3 Å². The van der Waals surface area contributed by atoms with Gasteiger partial charge >= 0.3 is 0 Å². The van der Waals surface area contributed by atoms with Gasteiger partial charge in [-0.15, -0.1) is 11.3 Å². The summed E-state index contributed by atoms with van der Waals surface area (Å²) in [5, 5.41) is 4.58. The van der Waals surface area contributed by atoms with E-state index in [2.05, 4.69) is 10.3 Å². The molecule has 0 spiro atoms. The topological polar surface area (TPSA) is 63.7 Å². The van der Waals surface area contributed by atoms with Crippen LogP contribution >= 0.6 is 11.3 Å². The number of ether oxygens (including phenoxy) is 2. The van der Waals surface area contributed by atoms with Gasteiger partial charge in [-0.3, -0.25) is 4.79 Å². The van der Waals surface area contributed by atoms with Crippen molar-refractivity contribution in [1.82, 2.24) is 9.88 Å². The lowest BCUT2D eigenvalue weighted by atomic mass is 10.0. The number of nitrogens with zero attached hydrogens (tertiary/aromatic N) is 2. The number of piperidine rings is 1. The minimum atomic E-state index is 0.0752. The first-order valence-corrected chi connectivity index (χ1v) is 10.8. The smallest absolute Gasteiger partial charge is 0.254 e. The van der Waals surface area contributed by atoms with Crippen LogP contribution in [0.1, 0.15) is 28.2 Å². The van der Waals surface area contributed by atoms with Crippen molar-refractivity contribution < 1.29 is 14.3 Å². The Kier molecular flexibility index (Phi) is 4.75. The Balaban J connectivity index is 1.29. The lowest BCUT2D eigenvalue weighted by Gasteiger charge is -2.34. The molecule has 0 aliphatic carbocycles. The number of carbonyl (C=O) groups excluding carboxylic acids is 1. The van der Waals surface area contributed by atoms with Crippen LogP contribution < -0.4 is 14.8 Å². The number of nitrogens with one attached hydrogen (secondary N) is 1. The molecule has 2 aromatic carbocycles. The van der Waals surface area contributed by atoms with Crippen LogP contribution in [0.5, 0.6) is 11.5 Å². The minimum Gasteiger partial charge on any atom is -0.486 e. The SMILES string of the molecule is Cc1nc2cc(C(=O)N3CCC[C@H](Nc4ccc5c(c4)OCCO5)C3)ccc2s1. The number of hydrogen-bond donors (Lipinski definition) is 1. The van der Waals surface area contributed by atoms with Gasteiger partial charge in [-0.25, -0.2) is 4.98 Å². The Hall–Kier alpha value is -2.80. The zero-order valence-corrected chi connectivity index (χ0v) is 17.1. The molecule has 1 atom stereocenters. The summed E-state index contributed by atoms with van der Waals surface area (Å²) in [5.41, 5.74) is 2.61. The molecule has 3 heterocycles. The third kappa shape index (κ3) is 3.74. The lowest BCUT2D eigenvalue weighted by molar-refractivity contribution is 0.0715. The van der Waals surface area contributed by atoms with Gasteiger partial charge in [0.2, 0.25) is 0 Å². The Morgan fingerprint density at radius 3 is 2.93 bits per heavy atom. The molecule has 0 bridgehead atoms. The highest BCUT2D eigenvalue weighted by molar-refractivity contribution is 7.18. The van der Waals surface area contributed by atoms with Crippen LogP contribution in [-0.2, 0) is 0 Å². The van der Waals surface area contributed by atoms with Crippen molar-refractivity contribution in [2.45, 2.75) is 25.8 Å². The van der Waals surface area contributed by atoms with Crippen LogP contribution in [0.3, 0.4) is 0 Å². The van der Waals surface area contributed by atoms with Gasteiger partial charge in [0.25, 0.3) is 5.91 Å². The first-order chi connectivity index (χ1) is 14.2. The summed E-state index contributed by atoms with van der Waals surface area (Å²) in [7, 11) is 0. The van der Waals surface area contributed by atoms with E-state index in [0.717, 1.165) is 51.8 Å². The molecule has 2 aliphatic heterocycles. The maximum atomic E-state index is 13.1. The lowest BCUT2D eigenvalue weighted by Crippen LogP contribution is -2.45. The number of anilines is 1. The van der Waals surface area contributed by atoms with Crippen LogP contribution in [0.15, 0.2) is 36.4 Å². The molecule has 0 saturated carbocycles. The molecular formula is C22H23N3O3S. The van der Waals surface area contributed by atoms with E-state index in [1.807, 2.05) is 48.2 Å². The molecule has 1 amide bonds. The number of thiazole rings is 1. The highest BCUT2D eigenvalue weighted by Gasteiger charge is 2.25. The molecule has 1 saturated heterocycles. The van der Waals surface area contributed by atoms with E-state index in [-0.39, 0.29) is 11.9 Å². The zero-order chi connectivity index (χ0) is 19.8. The van der Waals surface area contributed by atoms with Gasteiger partial charge < -0.3 is 19.7 Å². The minimum absolute atomic E-state index is 0.0752. The van der Waals surface area contributed by atoms with E-state index in [0.29, 0.717) is 25.3 Å². The predicted molar refractivity (Wildman–Crippen MR) is 114 cm³/mol. The molecule has 1 aromatic heterocycles. The Labute approximate surface area is 173 Å². The van der Waals surface area contributed by atoms with Gasteiger partial charge in [0.05, 0.1) is 15.2 Å². The molecule has 1 fully saturated rings. The average molecular weight is 410 g/mol. The third-order valence-corrected chi connectivity index (χ3v) is 6.31. The van der Waals surface area contributed by atoms with Gasteiger partial charge in [0.15, 0.2) is 11.5 Å². The van der Waals surface area contributed by atoms with Gasteiger partial charge in [0.1, 0.15) is 13.2 Å². The Bertz CT molecular complexity index is 1060. The van der Waals surface area contributed by atoms with Crippen LogP contribution in [-0.4, -0.2) is 48.1 Å². The van der Waals surface area contributed by atoms with Crippen LogP contribution in [0.25, 0.3) is 10.2 Å². The quantitative estimate of drug-likeness (QED) is 0.706. The molecule has 29 heavy (non-hydrogen) atoms. The normalized spacial score (nSPS) is 18.7. The summed E-state index contributed by atoms with van der Waals surface area (Å²) < 4.78 is 12.4. The fourth-order valence-electron chi connectivity index (χ4n) is 4.01. The number of fused-ring (bicyclic) bond motifs is 2. The molecule has 0 unspecified atom stereocenters. The Morgan fingerprint density at radius 2 is 2.03 bits per heavy atom. The van der Waals surface area contributed by atoms with Crippen molar-refractivity contribution in [2.75, 3.05) is 31.6 Å². The van der Waals surface area contributed by atoms with Crippen molar-refractivity contribution in [3.8, 4) is 11.5 Å². The highest BCUT2D eigenvalue weighted by atomic mass is 32.1. The second-order valence-corrected chi connectivity index (χ2v) is 8.74. The first kappa shape index (κ1) is 18.2. The fraction of sp³-hybridized carbons (Fsp3) is 0.364. The molecule has 2 aliphatic rings. The van der Waals surface area contributed by atoms with E-state index >= 15 is 0 Å². The van der Waals surface area contributed by atoms with Crippen molar-refractivity contribution in [1.29, 1.82) is 0 Å². The number of likely N-dealkylation sites (tertiary alicyclic amines) is 1.